The maximum absolute atomic E-state index is 13.2. The van der Waals surface area contributed by atoms with Crippen LogP contribution in [-0.2, 0) is 4.84 Å². The van der Waals surface area contributed by atoms with Crippen molar-refractivity contribution in [2.45, 2.75) is 50.7 Å². The van der Waals surface area contributed by atoms with E-state index in [2.05, 4.69) is 10.3 Å². The van der Waals surface area contributed by atoms with Crippen LogP contribution in [0, 0.1) is 11.7 Å². The monoisotopic (exact) mass is 397 g/mol. The number of aromatic nitrogens is 1. The van der Waals surface area contributed by atoms with E-state index in [1.54, 1.807) is 30.6 Å². The van der Waals surface area contributed by atoms with Crippen LogP contribution >= 0.6 is 0 Å². The summed E-state index contributed by atoms with van der Waals surface area (Å²) in [5, 5.41) is 5.10. The zero-order chi connectivity index (χ0) is 20.2. The maximum atomic E-state index is 13.2. The Hall–Kier alpha value is -2.31. The SMILES string of the molecule is CN(CC1CC1)O[C@@H]1CCCC[C@H]1NC(=O)c1cncc(-c2ccc(F)cc2)c1. The maximum Gasteiger partial charge on any atom is 0.253 e. The van der Waals surface area contributed by atoms with Gasteiger partial charge in [0.2, 0.25) is 0 Å². The second-order valence-electron chi connectivity index (χ2n) is 8.23. The predicted molar refractivity (Wildman–Crippen MR) is 110 cm³/mol. The highest BCUT2D eigenvalue weighted by Crippen LogP contribution is 2.30. The minimum Gasteiger partial charge on any atom is -0.347 e. The largest absolute Gasteiger partial charge is 0.347 e. The van der Waals surface area contributed by atoms with Gasteiger partial charge in [0, 0.05) is 31.5 Å². The lowest BCUT2D eigenvalue weighted by Crippen LogP contribution is -2.48. The second-order valence-corrected chi connectivity index (χ2v) is 8.23. The van der Waals surface area contributed by atoms with Crippen LogP contribution in [0.4, 0.5) is 4.39 Å². The molecule has 4 rings (SSSR count). The number of nitrogens with zero attached hydrogens (tertiary/aromatic N) is 2. The molecule has 5 nitrogen and oxygen atoms in total. The lowest BCUT2D eigenvalue weighted by molar-refractivity contribution is -0.197. The van der Waals surface area contributed by atoms with Crippen LogP contribution in [0.25, 0.3) is 11.1 Å². The summed E-state index contributed by atoms with van der Waals surface area (Å²) in [6.45, 7) is 0.959. The summed E-state index contributed by atoms with van der Waals surface area (Å²) >= 11 is 0. The predicted octanol–water partition coefficient (Wildman–Crippen LogP) is 4.20. The molecule has 0 radical (unpaired) electrons. The Kier molecular flexibility index (Phi) is 6.21. The minimum absolute atomic E-state index is 0.00434. The van der Waals surface area contributed by atoms with Gasteiger partial charge in [-0.25, -0.2) is 4.39 Å². The van der Waals surface area contributed by atoms with Gasteiger partial charge < -0.3 is 5.32 Å². The fourth-order valence-corrected chi connectivity index (χ4v) is 3.94. The minimum atomic E-state index is -0.286. The molecular formula is C23H28FN3O2. The molecule has 29 heavy (non-hydrogen) atoms. The lowest BCUT2D eigenvalue weighted by Gasteiger charge is -2.34. The van der Waals surface area contributed by atoms with Crippen LogP contribution in [0.3, 0.4) is 0 Å². The highest BCUT2D eigenvalue weighted by atomic mass is 19.1. The molecule has 1 aromatic carbocycles. The van der Waals surface area contributed by atoms with Gasteiger partial charge in [0.25, 0.3) is 5.91 Å². The Morgan fingerprint density at radius 3 is 2.66 bits per heavy atom. The molecule has 2 saturated carbocycles. The normalized spacial score (nSPS) is 21.9. The smallest absolute Gasteiger partial charge is 0.253 e. The molecule has 1 N–H and O–H groups in total. The summed E-state index contributed by atoms with van der Waals surface area (Å²) in [6, 6.07) is 7.98. The number of hydrogen-bond donors (Lipinski definition) is 1. The molecule has 1 aromatic heterocycles. The number of halogens is 1. The molecule has 2 aliphatic rings. The van der Waals surface area contributed by atoms with Crippen molar-refractivity contribution in [3.05, 3.63) is 54.1 Å². The molecule has 6 heteroatoms. The molecule has 0 saturated heterocycles. The Morgan fingerprint density at radius 2 is 1.90 bits per heavy atom. The molecule has 0 unspecified atom stereocenters. The van der Waals surface area contributed by atoms with E-state index in [-0.39, 0.29) is 23.9 Å². The summed E-state index contributed by atoms with van der Waals surface area (Å²) in [4.78, 5) is 23.3. The van der Waals surface area contributed by atoms with Crippen molar-refractivity contribution >= 4 is 5.91 Å². The van der Waals surface area contributed by atoms with Crippen LogP contribution in [-0.4, -0.2) is 41.7 Å². The fourth-order valence-electron chi connectivity index (χ4n) is 3.94. The van der Waals surface area contributed by atoms with E-state index in [1.165, 1.54) is 25.0 Å². The molecule has 1 amide bonds. The topological polar surface area (TPSA) is 54.5 Å². The Bertz CT molecular complexity index is 838. The number of nitrogens with one attached hydrogen (secondary N) is 1. The van der Waals surface area contributed by atoms with Gasteiger partial charge >= 0.3 is 0 Å². The number of rotatable bonds is 7. The van der Waals surface area contributed by atoms with Gasteiger partial charge in [-0.15, -0.1) is 0 Å². The summed E-state index contributed by atoms with van der Waals surface area (Å²) in [5.41, 5.74) is 2.12. The van der Waals surface area contributed by atoms with Gasteiger partial charge in [-0.05, 0) is 55.4 Å². The molecule has 2 atom stereocenters. The summed E-state index contributed by atoms with van der Waals surface area (Å²) in [6.07, 6.45) is 9.91. The van der Waals surface area contributed by atoms with Crippen molar-refractivity contribution in [2.75, 3.05) is 13.6 Å². The number of pyridine rings is 1. The van der Waals surface area contributed by atoms with Crippen molar-refractivity contribution in [3.63, 3.8) is 0 Å². The fraction of sp³-hybridized carbons (Fsp3) is 0.478. The van der Waals surface area contributed by atoms with E-state index < -0.39 is 0 Å². The lowest BCUT2D eigenvalue weighted by atomic mass is 9.92. The number of amides is 1. The zero-order valence-corrected chi connectivity index (χ0v) is 16.8. The average Bonchev–Trinajstić information content (AvgIpc) is 3.54. The standard InChI is InChI=1S/C23H28FN3O2/c1-27(15-16-6-7-16)29-22-5-3-2-4-21(22)26-23(28)19-12-18(13-25-14-19)17-8-10-20(24)11-9-17/h8-14,16,21-22H,2-7,15H2,1H3,(H,26,28)/t21-,22-/m1/s1. The van der Waals surface area contributed by atoms with E-state index >= 15 is 0 Å². The van der Waals surface area contributed by atoms with Gasteiger partial charge in [-0.2, -0.15) is 5.06 Å². The zero-order valence-electron chi connectivity index (χ0n) is 16.8. The number of benzene rings is 1. The van der Waals surface area contributed by atoms with E-state index in [4.69, 9.17) is 4.84 Å². The van der Waals surface area contributed by atoms with Gasteiger partial charge in [-0.3, -0.25) is 14.6 Å². The van der Waals surface area contributed by atoms with E-state index in [0.29, 0.717) is 5.56 Å². The first-order valence-electron chi connectivity index (χ1n) is 10.5. The number of hydroxylamine groups is 2. The van der Waals surface area contributed by atoms with E-state index in [1.807, 2.05) is 12.1 Å². The molecule has 0 spiro atoms. The van der Waals surface area contributed by atoms with Crippen molar-refractivity contribution in [3.8, 4) is 11.1 Å². The van der Waals surface area contributed by atoms with E-state index in [9.17, 15) is 9.18 Å². The second kappa shape index (κ2) is 9.01. The summed E-state index contributed by atoms with van der Waals surface area (Å²) < 4.78 is 13.2. The van der Waals surface area contributed by atoms with Crippen molar-refractivity contribution in [2.24, 2.45) is 5.92 Å². The highest BCUT2D eigenvalue weighted by molar-refractivity contribution is 5.95. The van der Waals surface area contributed by atoms with Crippen LogP contribution in [0.5, 0.6) is 0 Å². The molecular weight excluding hydrogens is 369 g/mol. The molecule has 0 bridgehead atoms. The van der Waals surface area contributed by atoms with Crippen LogP contribution in [0.2, 0.25) is 0 Å². The third kappa shape index (κ3) is 5.40. The first-order valence-corrected chi connectivity index (χ1v) is 10.5. The number of hydrogen-bond acceptors (Lipinski definition) is 4. The van der Waals surface area contributed by atoms with Gasteiger partial charge in [-0.1, -0.05) is 25.0 Å². The third-order valence-electron chi connectivity index (χ3n) is 5.72. The Morgan fingerprint density at radius 1 is 1.14 bits per heavy atom. The van der Waals surface area contributed by atoms with Crippen LogP contribution in [0.15, 0.2) is 42.7 Å². The highest BCUT2D eigenvalue weighted by Gasteiger charge is 2.31. The van der Waals surface area contributed by atoms with Crippen molar-refractivity contribution in [1.29, 1.82) is 0 Å². The van der Waals surface area contributed by atoms with Gasteiger partial charge in [0.1, 0.15) is 5.82 Å². The molecule has 2 aliphatic carbocycles. The first-order chi connectivity index (χ1) is 14.1. The van der Waals surface area contributed by atoms with E-state index in [0.717, 1.165) is 49.3 Å². The van der Waals surface area contributed by atoms with Crippen molar-refractivity contribution in [1.82, 2.24) is 15.4 Å². The molecule has 154 valence electrons. The summed E-state index contributed by atoms with van der Waals surface area (Å²) in [5.74, 6) is 0.328. The third-order valence-corrected chi connectivity index (χ3v) is 5.72. The Labute approximate surface area is 171 Å². The van der Waals surface area contributed by atoms with Crippen molar-refractivity contribution < 1.29 is 14.0 Å². The number of carbonyl (C=O) groups is 1. The van der Waals surface area contributed by atoms with Gasteiger partial charge in [0.05, 0.1) is 17.7 Å². The van der Waals surface area contributed by atoms with Gasteiger partial charge in [0.15, 0.2) is 0 Å². The molecule has 0 aliphatic heterocycles. The Balaban J connectivity index is 1.41. The van der Waals surface area contributed by atoms with Crippen LogP contribution in [0.1, 0.15) is 48.9 Å². The molecule has 2 fully saturated rings. The average molecular weight is 397 g/mol. The number of carbonyl (C=O) groups excluding carboxylic acids is 1. The van der Waals surface area contributed by atoms with Crippen LogP contribution < -0.4 is 5.32 Å². The quantitative estimate of drug-likeness (QED) is 0.712. The molecule has 1 heterocycles. The molecule has 2 aromatic rings. The first kappa shape index (κ1) is 20.0. The summed E-state index contributed by atoms with van der Waals surface area (Å²) in [7, 11) is 1.99.